The highest BCUT2D eigenvalue weighted by molar-refractivity contribution is 9.10. The Morgan fingerprint density at radius 3 is 2.44 bits per heavy atom. The van der Waals surface area contributed by atoms with Crippen LogP contribution in [0, 0.1) is 0 Å². The zero-order valence-electron chi connectivity index (χ0n) is 18.8. The Kier molecular flexibility index (Phi) is 7.88. The zero-order valence-corrected chi connectivity index (χ0v) is 20.4. The van der Waals surface area contributed by atoms with Crippen LogP contribution in [0.1, 0.15) is 25.3 Å². The maximum Gasteiger partial charge on any atom is 0.244 e. The van der Waals surface area contributed by atoms with E-state index in [0.717, 1.165) is 40.8 Å². The molecule has 1 aromatic heterocycles. The molecule has 0 bridgehead atoms. The van der Waals surface area contributed by atoms with Crippen molar-refractivity contribution in [3.63, 3.8) is 0 Å². The van der Waals surface area contributed by atoms with Crippen LogP contribution in [-0.4, -0.2) is 27.9 Å². The van der Waals surface area contributed by atoms with Crippen molar-refractivity contribution >= 4 is 28.1 Å². The number of aromatic nitrogens is 2. The molecule has 0 unspecified atom stereocenters. The number of hydrogen-bond donors (Lipinski definition) is 2. The number of hydrazone groups is 1. The van der Waals surface area contributed by atoms with Crippen LogP contribution in [0.15, 0.2) is 88.4 Å². The molecule has 1 heterocycles. The van der Waals surface area contributed by atoms with Gasteiger partial charge in [-0.1, -0.05) is 53.5 Å². The number of halogens is 1. The second-order valence-electron chi connectivity index (χ2n) is 7.63. The van der Waals surface area contributed by atoms with E-state index in [1.54, 1.807) is 18.3 Å². The number of para-hydroxylation sites is 1. The van der Waals surface area contributed by atoms with Crippen LogP contribution in [0.3, 0.4) is 0 Å². The number of phenolic OH excluding ortho intramolecular Hbond substituents is 1. The molecule has 0 atom stereocenters. The molecule has 4 rings (SSSR count). The lowest BCUT2D eigenvalue weighted by Gasteiger charge is -2.09. The van der Waals surface area contributed by atoms with Crippen molar-refractivity contribution in [2.24, 2.45) is 5.10 Å². The van der Waals surface area contributed by atoms with Crippen molar-refractivity contribution in [2.75, 3.05) is 12.0 Å². The molecule has 0 amide bonds. The second kappa shape index (κ2) is 11.4. The van der Waals surface area contributed by atoms with E-state index in [1.165, 1.54) is 0 Å². The summed E-state index contributed by atoms with van der Waals surface area (Å²) in [7, 11) is 0. The van der Waals surface area contributed by atoms with Gasteiger partial charge in [-0.05, 0) is 66.6 Å². The van der Waals surface area contributed by atoms with Gasteiger partial charge < -0.3 is 9.84 Å². The summed E-state index contributed by atoms with van der Waals surface area (Å²) in [6.07, 6.45) is 3.84. The fraction of sp³-hybridized carbons (Fsp3) is 0.148. The van der Waals surface area contributed by atoms with E-state index in [4.69, 9.17) is 4.74 Å². The first kappa shape index (κ1) is 23.4. The highest BCUT2D eigenvalue weighted by atomic mass is 79.9. The molecular formula is C27H25BrN4O2. The normalized spacial score (nSPS) is 11.0. The largest absolute Gasteiger partial charge is 0.507 e. The SMILES string of the molecule is CCCCOc1ccc(C=NNc2nc(-c3ccc(Br)cc3)cc(-c3ccccc3O)n2)cc1. The monoisotopic (exact) mass is 516 g/mol. The molecule has 0 aliphatic heterocycles. The number of hydrogen-bond acceptors (Lipinski definition) is 6. The predicted octanol–water partition coefficient (Wildman–Crippen LogP) is 6.90. The molecule has 0 aliphatic rings. The number of aromatic hydroxyl groups is 1. The molecule has 0 saturated carbocycles. The van der Waals surface area contributed by atoms with Crippen LogP contribution in [-0.2, 0) is 0 Å². The van der Waals surface area contributed by atoms with Gasteiger partial charge in [0.1, 0.15) is 11.5 Å². The summed E-state index contributed by atoms with van der Waals surface area (Å²) in [6.45, 7) is 2.86. The van der Waals surface area contributed by atoms with Gasteiger partial charge in [-0.25, -0.2) is 15.4 Å². The van der Waals surface area contributed by atoms with E-state index in [-0.39, 0.29) is 5.75 Å². The zero-order chi connectivity index (χ0) is 23.8. The highest BCUT2D eigenvalue weighted by Gasteiger charge is 2.11. The summed E-state index contributed by atoms with van der Waals surface area (Å²) in [5, 5.41) is 14.7. The Morgan fingerprint density at radius 1 is 0.971 bits per heavy atom. The standard InChI is InChI=1S/C27H25BrN4O2/c1-2-3-16-34-22-14-8-19(9-15-22)18-29-32-27-30-24(20-10-12-21(28)13-11-20)17-25(31-27)23-6-4-5-7-26(23)33/h4-15,17-18,33H,2-3,16H2,1H3,(H,30,31,32). The van der Waals surface area contributed by atoms with Gasteiger partial charge in [0.2, 0.25) is 5.95 Å². The lowest BCUT2D eigenvalue weighted by molar-refractivity contribution is 0.309. The molecular weight excluding hydrogens is 492 g/mol. The molecule has 0 saturated heterocycles. The lowest BCUT2D eigenvalue weighted by atomic mass is 10.1. The highest BCUT2D eigenvalue weighted by Crippen LogP contribution is 2.31. The van der Waals surface area contributed by atoms with Gasteiger partial charge in [0, 0.05) is 15.6 Å². The van der Waals surface area contributed by atoms with E-state index < -0.39 is 0 Å². The Morgan fingerprint density at radius 2 is 1.71 bits per heavy atom. The minimum atomic E-state index is 0.152. The van der Waals surface area contributed by atoms with Gasteiger partial charge in [0.25, 0.3) is 0 Å². The Labute approximate surface area is 207 Å². The third-order valence-electron chi connectivity index (χ3n) is 5.07. The van der Waals surface area contributed by atoms with Gasteiger partial charge in [-0.3, -0.25) is 0 Å². The Balaban J connectivity index is 1.57. The fourth-order valence-electron chi connectivity index (χ4n) is 3.24. The average molecular weight is 517 g/mol. The number of phenols is 1. The number of nitrogens with one attached hydrogen (secondary N) is 1. The summed E-state index contributed by atoms with van der Waals surface area (Å²) in [6, 6.07) is 24.5. The van der Waals surface area contributed by atoms with Crippen LogP contribution < -0.4 is 10.2 Å². The maximum atomic E-state index is 10.3. The molecule has 0 radical (unpaired) electrons. The topological polar surface area (TPSA) is 79.6 Å². The van der Waals surface area contributed by atoms with E-state index >= 15 is 0 Å². The van der Waals surface area contributed by atoms with Crippen LogP contribution >= 0.6 is 15.9 Å². The molecule has 0 fully saturated rings. The number of benzene rings is 3. The molecule has 7 heteroatoms. The smallest absolute Gasteiger partial charge is 0.244 e. The lowest BCUT2D eigenvalue weighted by Crippen LogP contribution is -2.00. The van der Waals surface area contributed by atoms with Gasteiger partial charge in [0.15, 0.2) is 0 Å². The molecule has 34 heavy (non-hydrogen) atoms. The van der Waals surface area contributed by atoms with Gasteiger partial charge in [0.05, 0.1) is 24.2 Å². The van der Waals surface area contributed by atoms with Crippen molar-refractivity contribution in [1.82, 2.24) is 9.97 Å². The van der Waals surface area contributed by atoms with Crippen LogP contribution in [0.5, 0.6) is 11.5 Å². The fourth-order valence-corrected chi connectivity index (χ4v) is 3.51. The third kappa shape index (κ3) is 6.20. The van der Waals surface area contributed by atoms with Crippen LogP contribution in [0.25, 0.3) is 22.5 Å². The third-order valence-corrected chi connectivity index (χ3v) is 5.60. The predicted molar refractivity (Wildman–Crippen MR) is 140 cm³/mol. The summed E-state index contributed by atoms with van der Waals surface area (Å²) in [5.74, 6) is 1.32. The van der Waals surface area contributed by atoms with E-state index in [2.05, 4.69) is 43.3 Å². The quantitative estimate of drug-likeness (QED) is 0.143. The van der Waals surface area contributed by atoms with Crippen molar-refractivity contribution < 1.29 is 9.84 Å². The number of rotatable bonds is 9. The van der Waals surface area contributed by atoms with Gasteiger partial charge in [-0.2, -0.15) is 5.10 Å². The van der Waals surface area contributed by atoms with Crippen molar-refractivity contribution in [1.29, 1.82) is 0 Å². The second-order valence-corrected chi connectivity index (χ2v) is 8.54. The molecule has 0 aliphatic carbocycles. The number of unbranched alkanes of at least 4 members (excludes halogenated alkanes) is 1. The van der Waals surface area contributed by atoms with Gasteiger partial charge >= 0.3 is 0 Å². The number of nitrogens with zero attached hydrogens (tertiary/aromatic N) is 3. The van der Waals surface area contributed by atoms with Crippen LogP contribution in [0.2, 0.25) is 0 Å². The first-order chi connectivity index (χ1) is 16.6. The molecule has 4 aromatic rings. The van der Waals surface area contributed by atoms with Crippen molar-refractivity contribution in [3.05, 3.63) is 88.9 Å². The van der Waals surface area contributed by atoms with E-state index in [9.17, 15) is 5.11 Å². The molecule has 0 spiro atoms. The number of anilines is 1. The summed E-state index contributed by atoms with van der Waals surface area (Å²) in [5.41, 5.74) is 6.70. The maximum absolute atomic E-state index is 10.3. The molecule has 6 nitrogen and oxygen atoms in total. The number of ether oxygens (including phenoxy) is 1. The minimum absolute atomic E-state index is 0.152. The van der Waals surface area contributed by atoms with Crippen molar-refractivity contribution in [3.8, 4) is 34.0 Å². The Bertz CT molecular complexity index is 1260. The molecule has 2 N–H and O–H groups in total. The molecule has 172 valence electrons. The molecule has 3 aromatic carbocycles. The average Bonchev–Trinajstić information content (AvgIpc) is 2.86. The summed E-state index contributed by atoms with van der Waals surface area (Å²) < 4.78 is 6.68. The first-order valence-corrected chi connectivity index (χ1v) is 11.9. The summed E-state index contributed by atoms with van der Waals surface area (Å²) >= 11 is 3.46. The minimum Gasteiger partial charge on any atom is -0.507 e. The Hall–Kier alpha value is -3.71. The van der Waals surface area contributed by atoms with Crippen LogP contribution in [0.4, 0.5) is 5.95 Å². The van der Waals surface area contributed by atoms with E-state index in [1.807, 2.05) is 66.7 Å². The first-order valence-electron chi connectivity index (χ1n) is 11.1. The summed E-state index contributed by atoms with van der Waals surface area (Å²) in [4.78, 5) is 9.19. The van der Waals surface area contributed by atoms with Crippen molar-refractivity contribution in [2.45, 2.75) is 19.8 Å². The van der Waals surface area contributed by atoms with E-state index in [0.29, 0.717) is 22.9 Å². The van der Waals surface area contributed by atoms with Gasteiger partial charge in [-0.15, -0.1) is 0 Å².